The second kappa shape index (κ2) is 6.51. The number of fused-ring (bicyclic) bond motifs is 1. The molecule has 1 saturated heterocycles. The zero-order valence-electron chi connectivity index (χ0n) is 13.0. The first-order chi connectivity index (χ1) is 11.8. The van der Waals surface area contributed by atoms with Crippen LogP contribution in [-0.4, -0.2) is 45.1 Å². The normalized spacial score (nSPS) is 16.2. The van der Waals surface area contributed by atoms with Crippen molar-refractivity contribution in [3.8, 4) is 0 Å². The van der Waals surface area contributed by atoms with Crippen molar-refractivity contribution < 1.29 is 22.8 Å². The van der Waals surface area contributed by atoms with Gasteiger partial charge in [-0.1, -0.05) is 30.0 Å². The Hall–Kier alpha value is -2.36. The molecule has 3 rings (SSSR count). The van der Waals surface area contributed by atoms with Crippen LogP contribution >= 0.6 is 11.8 Å². The Labute approximate surface area is 144 Å². The summed E-state index contributed by atoms with van der Waals surface area (Å²) >= 11 is 0.878. The summed E-state index contributed by atoms with van der Waals surface area (Å²) in [6.07, 6.45) is -4.69. The van der Waals surface area contributed by atoms with Crippen molar-refractivity contribution in [2.75, 3.05) is 13.1 Å². The van der Waals surface area contributed by atoms with E-state index in [-0.39, 0.29) is 17.1 Å². The third-order valence-corrected chi connectivity index (χ3v) is 4.67. The standard InChI is InChI=1S/C15H13F3N4O2S/c1-8(12(23)22-7-6-19-14(22)24)25-11-9-4-2-3-5-10(9)20-13(21-11)15(16,17)18/h2-5,8H,6-7H2,1H3,(H,19,24). The van der Waals surface area contributed by atoms with Crippen LogP contribution < -0.4 is 5.32 Å². The smallest absolute Gasteiger partial charge is 0.336 e. The summed E-state index contributed by atoms with van der Waals surface area (Å²) in [5, 5.41) is 2.21. The largest absolute Gasteiger partial charge is 0.451 e. The molecule has 0 saturated carbocycles. The molecule has 0 spiro atoms. The maximum atomic E-state index is 13.0. The Morgan fingerprint density at radius 2 is 2.04 bits per heavy atom. The Kier molecular flexibility index (Phi) is 4.55. The van der Waals surface area contributed by atoms with E-state index in [0.29, 0.717) is 11.9 Å². The Balaban J connectivity index is 1.94. The summed E-state index contributed by atoms with van der Waals surface area (Å²) in [5.74, 6) is -1.73. The van der Waals surface area contributed by atoms with Crippen molar-refractivity contribution in [3.63, 3.8) is 0 Å². The van der Waals surface area contributed by atoms with Gasteiger partial charge in [-0.3, -0.25) is 9.69 Å². The molecular formula is C15H13F3N4O2S. The van der Waals surface area contributed by atoms with E-state index in [1.165, 1.54) is 13.0 Å². The number of carbonyl (C=O) groups excluding carboxylic acids is 2. The van der Waals surface area contributed by atoms with Gasteiger partial charge in [-0.25, -0.2) is 14.8 Å². The highest BCUT2D eigenvalue weighted by Crippen LogP contribution is 2.34. The molecule has 0 aliphatic carbocycles. The van der Waals surface area contributed by atoms with E-state index in [1.54, 1.807) is 18.2 Å². The molecule has 10 heteroatoms. The van der Waals surface area contributed by atoms with Gasteiger partial charge in [0.2, 0.25) is 11.7 Å². The molecule has 25 heavy (non-hydrogen) atoms. The van der Waals surface area contributed by atoms with Gasteiger partial charge in [-0.15, -0.1) is 0 Å². The van der Waals surface area contributed by atoms with Crippen LogP contribution in [0.5, 0.6) is 0 Å². The van der Waals surface area contributed by atoms with E-state index >= 15 is 0 Å². The van der Waals surface area contributed by atoms with Crippen LogP contribution in [0, 0.1) is 0 Å². The predicted molar refractivity (Wildman–Crippen MR) is 85.0 cm³/mol. The fourth-order valence-corrected chi connectivity index (χ4v) is 3.38. The minimum atomic E-state index is -4.69. The number of halogens is 3. The van der Waals surface area contributed by atoms with Gasteiger partial charge in [0.25, 0.3) is 0 Å². The molecular weight excluding hydrogens is 357 g/mol. The molecule has 3 amide bonds. The van der Waals surface area contributed by atoms with Crippen molar-refractivity contribution in [2.45, 2.75) is 23.4 Å². The average molecular weight is 370 g/mol. The summed E-state index contributed by atoms with van der Waals surface area (Å²) in [5.41, 5.74) is 0.144. The minimum absolute atomic E-state index is 0.0541. The monoisotopic (exact) mass is 370 g/mol. The predicted octanol–water partition coefficient (Wildman–Crippen LogP) is 2.68. The summed E-state index contributed by atoms with van der Waals surface area (Å²) in [4.78, 5) is 32.1. The van der Waals surface area contributed by atoms with Crippen LogP contribution in [0.2, 0.25) is 0 Å². The van der Waals surface area contributed by atoms with E-state index in [9.17, 15) is 22.8 Å². The molecule has 1 fully saturated rings. The molecule has 0 bridgehead atoms. The number of thioether (sulfide) groups is 1. The fraction of sp³-hybridized carbons (Fsp3) is 0.333. The van der Waals surface area contributed by atoms with Gasteiger partial charge in [0.15, 0.2) is 0 Å². The summed E-state index contributed by atoms with van der Waals surface area (Å²) < 4.78 is 39.1. The molecule has 0 radical (unpaired) electrons. The summed E-state index contributed by atoms with van der Waals surface area (Å²) in [6.45, 7) is 2.13. The highest BCUT2D eigenvalue weighted by molar-refractivity contribution is 8.00. The first kappa shape index (κ1) is 17.5. The lowest BCUT2D eigenvalue weighted by Gasteiger charge is -2.18. The molecule has 1 aliphatic heterocycles. The second-order valence-corrected chi connectivity index (χ2v) is 6.68. The number of urea groups is 1. The Morgan fingerprint density at radius 1 is 1.32 bits per heavy atom. The second-order valence-electron chi connectivity index (χ2n) is 5.35. The van der Waals surface area contributed by atoms with E-state index in [4.69, 9.17) is 0 Å². The number of benzene rings is 1. The van der Waals surface area contributed by atoms with Crippen LogP contribution in [-0.2, 0) is 11.0 Å². The molecule has 1 N–H and O–H groups in total. The van der Waals surface area contributed by atoms with E-state index < -0.39 is 29.2 Å². The third-order valence-electron chi connectivity index (χ3n) is 3.58. The quantitative estimate of drug-likeness (QED) is 0.664. The maximum Gasteiger partial charge on any atom is 0.451 e. The number of carbonyl (C=O) groups is 2. The van der Waals surface area contributed by atoms with Crippen molar-refractivity contribution in [2.24, 2.45) is 0 Å². The Bertz CT molecular complexity index is 843. The van der Waals surface area contributed by atoms with Crippen LogP contribution in [0.1, 0.15) is 12.7 Å². The van der Waals surface area contributed by atoms with E-state index in [0.717, 1.165) is 16.7 Å². The number of alkyl halides is 3. The van der Waals surface area contributed by atoms with Crippen LogP contribution in [0.4, 0.5) is 18.0 Å². The Morgan fingerprint density at radius 3 is 2.68 bits per heavy atom. The highest BCUT2D eigenvalue weighted by Gasteiger charge is 2.36. The minimum Gasteiger partial charge on any atom is -0.336 e. The van der Waals surface area contributed by atoms with Crippen LogP contribution in [0.25, 0.3) is 10.9 Å². The first-order valence-corrected chi connectivity index (χ1v) is 8.25. The first-order valence-electron chi connectivity index (χ1n) is 7.37. The molecule has 6 nitrogen and oxygen atoms in total. The molecule has 1 aromatic carbocycles. The van der Waals surface area contributed by atoms with Crippen molar-refractivity contribution in [1.82, 2.24) is 20.2 Å². The van der Waals surface area contributed by atoms with Gasteiger partial charge >= 0.3 is 12.2 Å². The number of para-hydroxylation sites is 1. The van der Waals surface area contributed by atoms with Crippen molar-refractivity contribution in [1.29, 1.82) is 0 Å². The molecule has 132 valence electrons. The number of rotatable bonds is 3. The van der Waals surface area contributed by atoms with Gasteiger partial charge in [-0.2, -0.15) is 13.2 Å². The number of nitrogens with one attached hydrogen (secondary N) is 1. The number of amides is 3. The fourth-order valence-electron chi connectivity index (χ4n) is 2.38. The number of aromatic nitrogens is 2. The van der Waals surface area contributed by atoms with Crippen LogP contribution in [0.3, 0.4) is 0 Å². The maximum absolute atomic E-state index is 13.0. The topological polar surface area (TPSA) is 75.2 Å². The highest BCUT2D eigenvalue weighted by atomic mass is 32.2. The molecule has 1 aromatic heterocycles. The zero-order chi connectivity index (χ0) is 18.2. The molecule has 1 atom stereocenters. The van der Waals surface area contributed by atoms with Crippen molar-refractivity contribution in [3.05, 3.63) is 30.1 Å². The summed E-state index contributed by atoms with van der Waals surface area (Å²) in [7, 11) is 0. The number of hydrogen-bond donors (Lipinski definition) is 1. The number of hydrogen-bond acceptors (Lipinski definition) is 5. The number of imide groups is 1. The van der Waals surface area contributed by atoms with Gasteiger partial charge in [0.1, 0.15) is 5.03 Å². The van der Waals surface area contributed by atoms with Crippen LogP contribution in [0.15, 0.2) is 29.3 Å². The molecule has 2 aromatic rings. The lowest BCUT2D eigenvalue weighted by Crippen LogP contribution is -2.39. The summed E-state index contributed by atoms with van der Waals surface area (Å²) in [6, 6.07) is 5.78. The number of nitrogens with zero attached hydrogens (tertiary/aromatic N) is 3. The van der Waals surface area contributed by atoms with E-state index in [1.807, 2.05) is 0 Å². The van der Waals surface area contributed by atoms with E-state index in [2.05, 4.69) is 15.3 Å². The van der Waals surface area contributed by atoms with Gasteiger partial charge < -0.3 is 5.32 Å². The zero-order valence-corrected chi connectivity index (χ0v) is 13.8. The van der Waals surface area contributed by atoms with Gasteiger partial charge in [0, 0.05) is 18.5 Å². The van der Waals surface area contributed by atoms with Crippen molar-refractivity contribution >= 4 is 34.6 Å². The molecule has 1 unspecified atom stereocenters. The average Bonchev–Trinajstić information content (AvgIpc) is 2.99. The molecule has 2 heterocycles. The SMILES string of the molecule is CC(Sc1nc(C(F)(F)F)nc2ccccc12)C(=O)N1CCNC1=O. The van der Waals surface area contributed by atoms with Gasteiger partial charge in [-0.05, 0) is 13.0 Å². The lowest BCUT2D eigenvalue weighted by molar-refractivity contribution is -0.145. The third kappa shape index (κ3) is 3.53. The molecule has 1 aliphatic rings. The van der Waals surface area contributed by atoms with Gasteiger partial charge in [0.05, 0.1) is 10.8 Å². The lowest BCUT2D eigenvalue weighted by atomic mass is 10.2.